The second kappa shape index (κ2) is 8.50. The number of carbonyl (C=O) groups is 2. The van der Waals surface area contributed by atoms with Crippen LogP contribution >= 0.6 is 43.6 Å². The molecule has 2 aromatic carbocycles. The number of hydrogen-bond acceptors (Lipinski definition) is 5. The van der Waals surface area contributed by atoms with E-state index in [4.69, 9.17) is 5.11 Å². The van der Waals surface area contributed by atoms with Crippen molar-refractivity contribution in [2.75, 3.05) is 6.54 Å². The van der Waals surface area contributed by atoms with Crippen LogP contribution in [-0.4, -0.2) is 38.7 Å². The number of carboxylic acids is 1. The first kappa shape index (κ1) is 20.6. The largest absolute Gasteiger partial charge is 0.506 e. The highest BCUT2D eigenvalue weighted by atomic mass is 79.9. The number of phenolic OH excluding ortho intramolecular Hbond substituents is 1. The Hall–Kier alpha value is -2.10. The van der Waals surface area contributed by atoms with Crippen LogP contribution < -0.4 is 0 Å². The Bertz CT molecular complexity index is 996. The average molecular weight is 526 g/mol. The molecule has 1 fully saturated rings. The van der Waals surface area contributed by atoms with Gasteiger partial charge in [-0.3, -0.25) is 9.69 Å². The number of likely N-dealkylation sites (N-methyl/N-ethyl adjacent to an activating group) is 1. The van der Waals surface area contributed by atoms with Crippen molar-refractivity contribution in [2.24, 2.45) is 4.99 Å². The maximum atomic E-state index is 12.7. The van der Waals surface area contributed by atoms with Crippen LogP contribution in [0.3, 0.4) is 0 Å². The molecule has 1 heterocycles. The van der Waals surface area contributed by atoms with Crippen LogP contribution in [-0.2, 0) is 4.79 Å². The lowest BCUT2D eigenvalue weighted by Gasteiger charge is -2.12. The van der Waals surface area contributed by atoms with E-state index in [1.54, 1.807) is 35.2 Å². The minimum Gasteiger partial charge on any atom is -0.506 e. The van der Waals surface area contributed by atoms with E-state index >= 15 is 0 Å². The van der Waals surface area contributed by atoms with Gasteiger partial charge in [0.25, 0.3) is 5.91 Å². The predicted molar refractivity (Wildman–Crippen MR) is 117 cm³/mol. The SMILES string of the molecule is CCN1C(=O)C(=Cc2cc(Br)c(O)c(Br)c2)SC1=Nc1ccc(C(=O)O)cc1. The summed E-state index contributed by atoms with van der Waals surface area (Å²) >= 11 is 7.81. The smallest absolute Gasteiger partial charge is 0.335 e. The van der Waals surface area contributed by atoms with Crippen molar-refractivity contribution in [3.8, 4) is 5.75 Å². The van der Waals surface area contributed by atoms with Gasteiger partial charge in [-0.1, -0.05) is 0 Å². The zero-order valence-electron chi connectivity index (χ0n) is 14.5. The molecule has 0 atom stereocenters. The quantitative estimate of drug-likeness (QED) is 0.533. The fourth-order valence-electron chi connectivity index (χ4n) is 2.48. The number of rotatable bonds is 4. The number of aliphatic imine (C=N–C) groups is 1. The van der Waals surface area contributed by atoms with E-state index in [9.17, 15) is 14.7 Å². The third kappa shape index (κ3) is 4.31. The van der Waals surface area contributed by atoms with E-state index in [0.29, 0.717) is 31.3 Å². The molecule has 9 heteroatoms. The highest BCUT2D eigenvalue weighted by Crippen LogP contribution is 2.37. The number of carboxylic acid groups (broad SMARTS) is 1. The fraction of sp³-hybridized carbons (Fsp3) is 0.105. The number of carbonyl (C=O) groups excluding carboxylic acids is 1. The molecule has 0 saturated carbocycles. The molecular weight excluding hydrogens is 512 g/mol. The van der Waals surface area contributed by atoms with Gasteiger partial charge < -0.3 is 10.2 Å². The Labute approximate surface area is 182 Å². The molecule has 0 spiro atoms. The van der Waals surface area contributed by atoms with E-state index in [0.717, 1.165) is 5.56 Å². The monoisotopic (exact) mass is 524 g/mol. The van der Waals surface area contributed by atoms with Crippen molar-refractivity contribution >= 4 is 72.4 Å². The maximum Gasteiger partial charge on any atom is 0.335 e. The molecule has 0 aromatic heterocycles. The van der Waals surface area contributed by atoms with Crippen molar-refractivity contribution in [2.45, 2.75) is 6.92 Å². The number of nitrogens with zero attached hydrogens (tertiary/aromatic N) is 2. The van der Waals surface area contributed by atoms with Gasteiger partial charge in [-0.2, -0.15) is 0 Å². The van der Waals surface area contributed by atoms with Crippen molar-refractivity contribution < 1.29 is 19.8 Å². The molecule has 3 rings (SSSR count). The molecule has 0 unspecified atom stereocenters. The number of thioether (sulfide) groups is 1. The van der Waals surface area contributed by atoms with Crippen LogP contribution in [0.25, 0.3) is 6.08 Å². The molecule has 1 saturated heterocycles. The molecule has 2 N–H and O–H groups in total. The van der Waals surface area contributed by atoms with Gasteiger partial charge in [0.1, 0.15) is 5.75 Å². The van der Waals surface area contributed by atoms with Crippen LogP contribution in [0.5, 0.6) is 5.75 Å². The first-order valence-corrected chi connectivity index (χ1v) is 10.5. The summed E-state index contributed by atoms with van der Waals surface area (Å²) in [5.74, 6) is -1.07. The Morgan fingerprint density at radius 3 is 2.36 bits per heavy atom. The second-order valence-electron chi connectivity index (χ2n) is 5.74. The van der Waals surface area contributed by atoms with Gasteiger partial charge in [0.05, 0.1) is 25.1 Å². The second-order valence-corrected chi connectivity index (χ2v) is 8.46. The third-order valence-corrected chi connectivity index (χ3v) is 6.10. The van der Waals surface area contributed by atoms with Crippen molar-refractivity contribution in [3.63, 3.8) is 0 Å². The Morgan fingerprint density at radius 1 is 1.21 bits per heavy atom. The minimum absolute atomic E-state index is 0.0924. The molecule has 144 valence electrons. The summed E-state index contributed by atoms with van der Waals surface area (Å²) in [6.45, 7) is 2.32. The molecule has 2 aromatic rings. The number of halogens is 2. The molecule has 0 aliphatic carbocycles. The van der Waals surface area contributed by atoms with E-state index in [1.807, 2.05) is 6.92 Å². The first-order chi connectivity index (χ1) is 13.3. The van der Waals surface area contributed by atoms with Crippen LogP contribution in [0.2, 0.25) is 0 Å². The maximum absolute atomic E-state index is 12.7. The van der Waals surface area contributed by atoms with E-state index in [2.05, 4.69) is 36.9 Å². The molecule has 0 radical (unpaired) electrons. The number of aromatic hydroxyl groups is 1. The summed E-state index contributed by atoms with van der Waals surface area (Å²) in [5, 5.41) is 19.3. The van der Waals surface area contributed by atoms with Crippen molar-refractivity contribution in [1.29, 1.82) is 0 Å². The fourth-order valence-corrected chi connectivity index (χ4v) is 4.76. The zero-order chi connectivity index (χ0) is 20.4. The predicted octanol–water partition coefficient (Wildman–Crippen LogP) is 5.24. The molecule has 0 bridgehead atoms. The van der Waals surface area contributed by atoms with Gasteiger partial charge in [0.15, 0.2) is 5.17 Å². The summed E-state index contributed by atoms with van der Waals surface area (Å²) in [6, 6.07) is 9.59. The van der Waals surface area contributed by atoms with Gasteiger partial charge in [-0.25, -0.2) is 9.79 Å². The van der Waals surface area contributed by atoms with Gasteiger partial charge in [0.2, 0.25) is 0 Å². The molecular formula is C19H14Br2N2O4S. The zero-order valence-corrected chi connectivity index (χ0v) is 18.5. The van der Waals surface area contributed by atoms with E-state index in [-0.39, 0.29) is 17.2 Å². The van der Waals surface area contributed by atoms with Gasteiger partial charge in [-0.05, 0) is 98.6 Å². The van der Waals surface area contributed by atoms with Crippen LogP contribution in [0.1, 0.15) is 22.8 Å². The summed E-state index contributed by atoms with van der Waals surface area (Å²) in [6.07, 6.45) is 1.74. The lowest BCUT2D eigenvalue weighted by Crippen LogP contribution is -2.28. The molecule has 6 nitrogen and oxygen atoms in total. The first-order valence-electron chi connectivity index (χ1n) is 8.11. The lowest BCUT2D eigenvalue weighted by molar-refractivity contribution is -0.122. The average Bonchev–Trinajstić information content (AvgIpc) is 2.94. The summed E-state index contributed by atoms with van der Waals surface area (Å²) < 4.78 is 1.04. The number of amides is 1. The molecule has 1 aliphatic rings. The lowest BCUT2D eigenvalue weighted by atomic mass is 10.2. The third-order valence-electron chi connectivity index (χ3n) is 3.88. The number of hydrogen-bond donors (Lipinski definition) is 2. The summed E-state index contributed by atoms with van der Waals surface area (Å²) in [4.78, 5) is 30.3. The number of aromatic carboxylic acids is 1. The van der Waals surface area contributed by atoms with Crippen molar-refractivity contribution in [3.05, 3.63) is 61.4 Å². The van der Waals surface area contributed by atoms with Crippen LogP contribution in [0, 0.1) is 0 Å². The summed E-state index contributed by atoms with van der Waals surface area (Å²) in [7, 11) is 0. The normalized spacial score (nSPS) is 17.0. The number of benzene rings is 2. The van der Waals surface area contributed by atoms with Crippen LogP contribution in [0.15, 0.2) is 55.2 Å². The number of phenols is 1. The van der Waals surface area contributed by atoms with Gasteiger partial charge in [-0.15, -0.1) is 0 Å². The Kier molecular flexibility index (Phi) is 6.26. The highest BCUT2D eigenvalue weighted by molar-refractivity contribution is 9.11. The highest BCUT2D eigenvalue weighted by Gasteiger charge is 2.32. The molecule has 28 heavy (non-hydrogen) atoms. The minimum atomic E-state index is -1.00. The molecule has 1 aliphatic heterocycles. The van der Waals surface area contributed by atoms with Crippen LogP contribution in [0.4, 0.5) is 5.69 Å². The van der Waals surface area contributed by atoms with E-state index in [1.165, 1.54) is 23.9 Å². The van der Waals surface area contributed by atoms with E-state index < -0.39 is 5.97 Å². The standard InChI is InChI=1S/C19H14Br2N2O4S/c1-2-23-17(25)15(9-10-7-13(20)16(24)14(21)8-10)28-19(23)22-12-5-3-11(4-6-12)18(26)27/h3-9,24H,2H2,1H3,(H,26,27). The Morgan fingerprint density at radius 2 is 1.82 bits per heavy atom. The number of amidine groups is 1. The van der Waals surface area contributed by atoms with Gasteiger partial charge >= 0.3 is 5.97 Å². The van der Waals surface area contributed by atoms with Gasteiger partial charge in [0, 0.05) is 6.54 Å². The Balaban J connectivity index is 1.93. The summed E-state index contributed by atoms with van der Waals surface area (Å²) in [5.41, 5.74) is 1.49. The topological polar surface area (TPSA) is 90.2 Å². The molecule has 1 amide bonds. The van der Waals surface area contributed by atoms with Crippen molar-refractivity contribution in [1.82, 2.24) is 4.90 Å².